The molecule has 0 spiro atoms. The molecule has 8 heteroatoms. The molecule has 1 N–H and O–H groups in total. The molecule has 0 saturated carbocycles. The predicted octanol–water partition coefficient (Wildman–Crippen LogP) is 1.64. The Morgan fingerprint density at radius 1 is 1.24 bits per heavy atom. The number of thiophene rings is 1. The normalized spacial score (nSPS) is 10.8. The Labute approximate surface area is 148 Å². The summed E-state index contributed by atoms with van der Waals surface area (Å²) < 4.78 is 2.97. The van der Waals surface area contributed by atoms with Crippen LogP contribution in [0.2, 0.25) is 0 Å². The highest BCUT2D eigenvalue weighted by Gasteiger charge is 2.12. The van der Waals surface area contributed by atoms with E-state index in [-0.39, 0.29) is 18.0 Å². The first-order valence-corrected chi connectivity index (χ1v) is 8.71. The third kappa shape index (κ3) is 3.69. The molecule has 3 aromatic rings. The largest absolute Gasteiger partial charge is 0.350 e. The Morgan fingerprint density at radius 3 is 2.68 bits per heavy atom. The molecule has 0 unspecified atom stereocenters. The second kappa shape index (κ2) is 7.02. The molecule has 0 radical (unpaired) electrons. The molecular weight excluding hydrogens is 338 g/mol. The monoisotopic (exact) mass is 357 g/mol. The van der Waals surface area contributed by atoms with Gasteiger partial charge in [-0.15, -0.1) is 11.3 Å². The van der Waals surface area contributed by atoms with E-state index < -0.39 is 0 Å². The maximum absolute atomic E-state index is 12.2. The van der Waals surface area contributed by atoms with Crippen molar-refractivity contribution >= 4 is 17.2 Å². The van der Waals surface area contributed by atoms with E-state index in [1.807, 2.05) is 38.4 Å². The van der Waals surface area contributed by atoms with Gasteiger partial charge in [-0.25, -0.2) is 4.68 Å². The third-order valence-electron chi connectivity index (χ3n) is 4.05. The number of aromatic nitrogens is 4. The highest BCUT2D eigenvalue weighted by atomic mass is 32.1. The lowest BCUT2D eigenvalue weighted by atomic mass is 10.2. The molecule has 3 rings (SSSR count). The van der Waals surface area contributed by atoms with Gasteiger partial charge in [0.1, 0.15) is 12.2 Å². The van der Waals surface area contributed by atoms with E-state index in [0.29, 0.717) is 12.2 Å². The molecule has 0 bridgehead atoms. The minimum atomic E-state index is -0.302. The van der Waals surface area contributed by atoms with E-state index in [2.05, 4.69) is 15.5 Å². The fourth-order valence-corrected chi connectivity index (χ4v) is 3.26. The molecule has 0 aromatic carbocycles. The minimum Gasteiger partial charge on any atom is -0.350 e. The van der Waals surface area contributed by atoms with Crippen molar-refractivity contribution in [3.63, 3.8) is 0 Å². The van der Waals surface area contributed by atoms with Gasteiger partial charge in [-0.2, -0.15) is 10.2 Å². The fraction of sp³-hybridized carbons (Fsp3) is 0.294. The van der Waals surface area contributed by atoms with Crippen molar-refractivity contribution in [2.45, 2.75) is 26.9 Å². The molecule has 0 fully saturated rings. The Morgan fingerprint density at radius 2 is 2.04 bits per heavy atom. The second-order valence-electron chi connectivity index (χ2n) is 5.74. The Kier molecular flexibility index (Phi) is 4.80. The van der Waals surface area contributed by atoms with Crippen LogP contribution in [0.15, 0.2) is 34.4 Å². The molecule has 25 heavy (non-hydrogen) atoms. The highest BCUT2D eigenvalue weighted by molar-refractivity contribution is 7.13. The van der Waals surface area contributed by atoms with E-state index in [1.54, 1.807) is 10.7 Å². The van der Waals surface area contributed by atoms with Crippen molar-refractivity contribution in [2.75, 3.05) is 0 Å². The highest BCUT2D eigenvalue weighted by Crippen LogP contribution is 2.21. The zero-order chi connectivity index (χ0) is 18.0. The number of rotatable bonds is 5. The molecule has 0 atom stereocenters. The van der Waals surface area contributed by atoms with Crippen LogP contribution in [0.1, 0.15) is 17.0 Å². The summed E-state index contributed by atoms with van der Waals surface area (Å²) in [6.07, 6.45) is 0. The maximum atomic E-state index is 12.2. The van der Waals surface area contributed by atoms with E-state index in [4.69, 9.17) is 0 Å². The van der Waals surface area contributed by atoms with Gasteiger partial charge in [-0.3, -0.25) is 14.3 Å². The maximum Gasteiger partial charge on any atom is 0.267 e. The van der Waals surface area contributed by atoms with Crippen molar-refractivity contribution < 1.29 is 4.79 Å². The zero-order valence-corrected chi connectivity index (χ0v) is 15.1. The summed E-state index contributed by atoms with van der Waals surface area (Å²) >= 11 is 1.53. The van der Waals surface area contributed by atoms with Crippen LogP contribution in [-0.2, 0) is 24.9 Å². The summed E-state index contributed by atoms with van der Waals surface area (Å²) in [5.41, 5.74) is 3.26. The summed E-state index contributed by atoms with van der Waals surface area (Å²) in [6.45, 7) is 4.13. The zero-order valence-electron chi connectivity index (χ0n) is 14.3. The Bertz CT molecular complexity index is 956. The van der Waals surface area contributed by atoms with Gasteiger partial charge in [0.25, 0.3) is 5.56 Å². The number of amides is 1. The smallest absolute Gasteiger partial charge is 0.267 e. The van der Waals surface area contributed by atoms with Gasteiger partial charge in [0, 0.05) is 30.9 Å². The minimum absolute atomic E-state index is 0.115. The summed E-state index contributed by atoms with van der Waals surface area (Å²) in [4.78, 5) is 25.2. The molecule has 0 aliphatic carbocycles. The summed E-state index contributed by atoms with van der Waals surface area (Å²) in [5, 5.41) is 13.4. The van der Waals surface area contributed by atoms with Crippen molar-refractivity contribution in [1.82, 2.24) is 24.9 Å². The SMILES string of the molecule is Cc1nn(C)c(C)c1CNC(=O)Cn1nc(-c2cccs2)ccc1=O. The van der Waals surface area contributed by atoms with Crippen LogP contribution in [-0.4, -0.2) is 25.5 Å². The first-order chi connectivity index (χ1) is 12.0. The Balaban J connectivity index is 1.71. The molecule has 3 heterocycles. The van der Waals surface area contributed by atoms with Crippen LogP contribution in [0.5, 0.6) is 0 Å². The number of carbonyl (C=O) groups excluding carboxylic acids is 1. The van der Waals surface area contributed by atoms with Gasteiger partial charge in [-0.05, 0) is 31.4 Å². The first kappa shape index (κ1) is 17.1. The third-order valence-corrected chi connectivity index (χ3v) is 4.95. The Hall–Kier alpha value is -2.74. The molecule has 0 saturated heterocycles. The number of hydrogen-bond donors (Lipinski definition) is 1. The molecule has 1 amide bonds. The van der Waals surface area contributed by atoms with Crippen LogP contribution in [0.4, 0.5) is 0 Å². The number of hydrogen-bond acceptors (Lipinski definition) is 5. The molecule has 3 aromatic heterocycles. The molecule has 0 aliphatic rings. The lowest BCUT2D eigenvalue weighted by Crippen LogP contribution is -2.33. The van der Waals surface area contributed by atoms with Crippen molar-refractivity contribution in [1.29, 1.82) is 0 Å². The fourth-order valence-electron chi connectivity index (χ4n) is 2.57. The molecule has 7 nitrogen and oxygen atoms in total. The average molecular weight is 357 g/mol. The quantitative estimate of drug-likeness (QED) is 0.753. The lowest BCUT2D eigenvalue weighted by Gasteiger charge is -2.08. The van der Waals surface area contributed by atoms with Gasteiger partial charge in [-0.1, -0.05) is 6.07 Å². The van der Waals surface area contributed by atoms with Crippen LogP contribution < -0.4 is 10.9 Å². The van der Waals surface area contributed by atoms with Gasteiger partial charge >= 0.3 is 0 Å². The molecule has 130 valence electrons. The first-order valence-electron chi connectivity index (χ1n) is 7.83. The van der Waals surface area contributed by atoms with Gasteiger partial charge in [0.2, 0.25) is 5.91 Å². The average Bonchev–Trinajstić information content (AvgIpc) is 3.18. The van der Waals surface area contributed by atoms with E-state index in [9.17, 15) is 9.59 Å². The van der Waals surface area contributed by atoms with Crippen molar-refractivity contribution in [2.24, 2.45) is 7.05 Å². The summed E-state index contributed by atoms with van der Waals surface area (Å²) in [6, 6.07) is 6.95. The van der Waals surface area contributed by atoms with E-state index >= 15 is 0 Å². The standard InChI is InChI=1S/C17H19N5O2S/c1-11-13(12(2)21(3)19-11)9-18-16(23)10-22-17(24)7-6-14(20-22)15-5-4-8-25-15/h4-8H,9-10H2,1-3H3,(H,18,23). The number of nitrogens with zero attached hydrogens (tertiary/aromatic N) is 4. The second-order valence-corrected chi connectivity index (χ2v) is 6.69. The van der Waals surface area contributed by atoms with Crippen LogP contribution >= 0.6 is 11.3 Å². The topological polar surface area (TPSA) is 81.8 Å². The molecular formula is C17H19N5O2S. The van der Waals surface area contributed by atoms with Gasteiger partial charge in [0.15, 0.2) is 0 Å². The van der Waals surface area contributed by atoms with Gasteiger partial charge in [0.05, 0.1) is 10.6 Å². The lowest BCUT2D eigenvalue weighted by molar-refractivity contribution is -0.122. The van der Waals surface area contributed by atoms with Crippen LogP contribution in [0.3, 0.4) is 0 Å². The number of nitrogens with one attached hydrogen (secondary N) is 1. The van der Waals surface area contributed by atoms with E-state index in [0.717, 1.165) is 21.8 Å². The summed E-state index contributed by atoms with van der Waals surface area (Å²) in [7, 11) is 1.87. The molecule has 0 aliphatic heterocycles. The van der Waals surface area contributed by atoms with E-state index in [1.165, 1.54) is 22.1 Å². The van der Waals surface area contributed by atoms with Crippen LogP contribution in [0, 0.1) is 13.8 Å². The summed E-state index contributed by atoms with van der Waals surface area (Å²) in [5.74, 6) is -0.263. The van der Waals surface area contributed by atoms with Crippen molar-refractivity contribution in [3.8, 4) is 10.6 Å². The number of aryl methyl sites for hydroxylation is 2. The number of carbonyl (C=O) groups is 1. The predicted molar refractivity (Wildman–Crippen MR) is 96.3 cm³/mol. The van der Waals surface area contributed by atoms with Crippen molar-refractivity contribution in [3.05, 3.63) is 57.0 Å². The van der Waals surface area contributed by atoms with Gasteiger partial charge < -0.3 is 5.32 Å². The van der Waals surface area contributed by atoms with Crippen LogP contribution in [0.25, 0.3) is 10.6 Å².